The van der Waals surface area contributed by atoms with Crippen LogP contribution in [0.25, 0.3) is 10.2 Å². The van der Waals surface area contributed by atoms with Gasteiger partial charge in [-0.05, 0) is 73.5 Å². The number of fused-ring (bicyclic) bond motifs is 1. The molecule has 3 aromatic carbocycles. The lowest BCUT2D eigenvalue weighted by molar-refractivity contribution is 0.0998. The number of nitrogens with zero attached hydrogens (tertiary/aromatic N) is 2. The Balaban J connectivity index is 1.60. The van der Waals surface area contributed by atoms with Gasteiger partial charge in [-0.3, -0.25) is 9.52 Å². The van der Waals surface area contributed by atoms with E-state index in [4.69, 9.17) is 11.6 Å². The summed E-state index contributed by atoms with van der Waals surface area (Å²) in [4.78, 5) is 17.9. The number of halogens is 1. The standard InChI is InChI=1S/C24H22ClN3O3S2/c1-3-16-6-5-7-21-22(16)28(4-2)24(32-21)26-23(29)17-8-12-19(13-9-17)27-33(30,31)20-14-10-18(25)11-15-20/h5-15,27H,3-4H2,1-2H3. The molecule has 0 aliphatic heterocycles. The van der Waals surface area contributed by atoms with E-state index < -0.39 is 10.0 Å². The quantitative estimate of drug-likeness (QED) is 0.381. The number of carbonyl (C=O) groups excluding carboxylic acids is 1. The Bertz CT molecular complexity index is 1490. The monoisotopic (exact) mass is 499 g/mol. The molecule has 9 heteroatoms. The Morgan fingerprint density at radius 3 is 2.36 bits per heavy atom. The molecule has 1 aromatic heterocycles. The van der Waals surface area contributed by atoms with Crippen molar-refractivity contribution in [2.45, 2.75) is 31.7 Å². The van der Waals surface area contributed by atoms with E-state index in [1.165, 1.54) is 41.2 Å². The van der Waals surface area contributed by atoms with Crippen molar-refractivity contribution in [3.8, 4) is 0 Å². The average molecular weight is 500 g/mol. The molecule has 0 bridgehead atoms. The summed E-state index contributed by atoms with van der Waals surface area (Å²) in [5.41, 5.74) is 3.06. The van der Waals surface area contributed by atoms with Crippen LogP contribution in [0, 0.1) is 0 Å². The highest BCUT2D eigenvalue weighted by Crippen LogP contribution is 2.22. The zero-order valence-corrected chi connectivity index (χ0v) is 20.5. The number of aromatic nitrogens is 1. The summed E-state index contributed by atoms with van der Waals surface area (Å²) in [6.07, 6.45) is 0.898. The molecule has 33 heavy (non-hydrogen) atoms. The Morgan fingerprint density at radius 1 is 1.03 bits per heavy atom. The minimum absolute atomic E-state index is 0.0994. The van der Waals surface area contributed by atoms with Crippen LogP contribution in [0.15, 0.2) is 76.6 Å². The van der Waals surface area contributed by atoms with E-state index in [0.717, 1.165) is 16.6 Å². The molecule has 1 N–H and O–H groups in total. The molecular formula is C24H22ClN3O3S2. The zero-order valence-electron chi connectivity index (χ0n) is 18.1. The fourth-order valence-electron chi connectivity index (χ4n) is 3.53. The number of anilines is 1. The molecule has 6 nitrogen and oxygen atoms in total. The van der Waals surface area contributed by atoms with Gasteiger partial charge in [-0.2, -0.15) is 4.99 Å². The van der Waals surface area contributed by atoms with Crippen LogP contribution < -0.4 is 9.52 Å². The van der Waals surface area contributed by atoms with Crippen LogP contribution in [0.4, 0.5) is 5.69 Å². The number of hydrogen-bond acceptors (Lipinski definition) is 4. The Labute approximate surface area is 201 Å². The maximum atomic E-state index is 12.8. The number of amides is 1. The largest absolute Gasteiger partial charge is 0.316 e. The summed E-state index contributed by atoms with van der Waals surface area (Å²) in [5.74, 6) is -0.381. The summed E-state index contributed by atoms with van der Waals surface area (Å²) in [5, 5.41) is 0.453. The van der Waals surface area contributed by atoms with Gasteiger partial charge in [0.15, 0.2) is 4.80 Å². The molecule has 1 heterocycles. The summed E-state index contributed by atoms with van der Waals surface area (Å²) in [6, 6.07) is 18.3. The van der Waals surface area contributed by atoms with E-state index in [2.05, 4.69) is 27.3 Å². The van der Waals surface area contributed by atoms with Gasteiger partial charge in [0.1, 0.15) is 0 Å². The number of aryl methyl sites for hydroxylation is 2. The second-order valence-corrected chi connectivity index (χ2v) is 10.4. The maximum absolute atomic E-state index is 12.8. The molecule has 0 radical (unpaired) electrons. The molecular weight excluding hydrogens is 478 g/mol. The fourth-order valence-corrected chi connectivity index (χ4v) is 5.85. The maximum Gasteiger partial charge on any atom is 0.279 e. The molecule has 0 atom stereocenters. The molecule has 170 valence electrons. The van der Waals surface area contributed by atoms with Gasteiger partial charge in [-0.15, -0.1) is 0 Å². The summed E-state index contributed by atoms with van der Waals surface area (Å²) >= 11 is 7.31. The van der Waals surface area contributed by atoms with Crippen molar-refractivity contribution in [3.05, 3.63) is 87.7 Å². The predicted molar refractivity (Wildman–Crippen MR) is 133 cm³/mol. The first-order valence-electron chi connectivity index (χ1n) is 10.4. The summed E-state index contributed by atoms with van der Waals surface area (Å²) in [7, 11) is -3.76. The second kappa shape index (κ2) is 9.51. The Hall–Kier alpha value is -2.94. The molecule has 4 rings (SSSR count). The van der Waals surface area contributed by atoms with E-state index in [1.54, 1.807) is 24.3 Å². The van der Waals surface area contributed by atoms with Crippen molar-refractivity contribution < 1.29 is 13.2 Å². The van der Waals surface area contributed by atoms with Crippen molar-refractivity contribution in [2.75, 3.05) is 4.72 Å². The van der Waals surface area contributed by atoms with Gasteiger partial charge in [0.25, 0.3) is 15.9 Å². The lowest BCUT2D eigenvalue weighted by atomic mass is 10.1. The lowest BCUT2D eigenvalue weighted by Crippen LogP contribution is -2.16. The van der Waals surface area contributed by atoms with Gasteiger partial charge in [-0.1, -0.05) is 42.0 Å². The van der Waals surface area contributed by atoms with E-state index >= 15 is 0 Å². The van der Waals surface area contributed by atoms with Crippen molar-refractivity contribution in [1.82, 2.24) is 4.57 Å². The van der Waals surface area contributed by atoms with E-state index in [1.807, 2.05) is 19.1 Å². The first-order chi connectivity index (χ1) is 15.8. The van der Waals surface area contributed by atoms with Crippen LogP contribution in [-0.4, -0.2) is 18.9 Å². The van der Waals surface area contributed by atoms with E-state index in [0.29, 0.717) is 27.6 Å². The first kappa shape index (κ1) is 23.2. The molecule has 1 amide bonds. The van der Waals surface area contributed by atoms with Crippen LogP contribution in [0.2, 0.25) is 5.02 Å². The number of para-hydroxylation sites is 1. The zero-order chi connectivity index (χ0) is 23.6. The van der Waals surface area contributed by atoms with Gasteiger partial charge >= 0.3 is 0 Å². The van der Waals surface area contributed by atoms with E-state index in [-0.39, 0.29) is 10.8 Å². The van der Waals surface area contributed by atoms with Gasteiger partial charge in [0, 0.05) is 22.8 Å². The van der Waals surface area contributed by atoms with Gasteiger partial charge in [0.2, 0.25) is 0 Å². The number of hydrogen-bond donors (Lipinski definition) is 1. The smallest absolute Gasteiger partial charge is 0.279 e. The third-order valence-corrected chi connectivity index (χ3v) is 7.88. The van der Waals surface area contributed by atoms with Crippen molar-refractivity contribution >= 4 is 54.8 Å². The minimum Gasteiger partial charge on any atom is -0.316 e. The number of sulfonamides is 1. The third-order valence-electron chi connectivity index (χ3n) is 5.19. The van der Waals surface area contributed by atoms with Gasteiger partial charge < -0.3 is 4.57 Å². The lowest BCUT2D eigenvalue weighted by Gasteiger charge is -2.08. The van der Waals surface area contributed by atoms with Crippen LogP contribution in [0.5, 0.6) is 0 Å². The summed E-state index contributed by atoms with van der Waals surface area (Å²) in [6.45, 7) is 4.84. The fraction of sp³-hybridized carbons (Fsp3) is 0.167. The van der Waals surface area contributed by atoms with E-state index in [9.17, 15) is 13.2 Å². The molecule has 0 aliphatic carbocycles. The SMILES string of the molecule is CCc1cccc2sc(=NC(=O)c3ccc(NS(=O)(=O)c4ccc(Cl)cc4)cc3)n(CC)c12. The van der Waals surface area contributed by atoms with Gasteiger partial charge in [-0.25, -0.2) is 8.42 Å². The predicted octanol–water partition coefficient (Wildman–Crippen LogP) is 5.48. The van der Waals surface area contributed by atoms with Crippen LogP contribution >= 0.6 is 22.9 Å². The highest BCUT2D eigenvalue weighted by molar-refractivity contribution is 7.92. The number of thiazole rings is 1. The molecule has 0 fully saturated rings. The first-order valence-corrected chi connectivity index (χ1v) is 13.1. The van der Waals surface area contributed by atoms with Crippen LogP contribution in [-0.2, 0) is 23.0 Å². The van der Waals surface area contributed by atoms with Crippen LogP contribution in [0.1, 0.15) is 29.8 Å². The topological polar surface area (TPSA) is 80.5 Å². The van der Waals surface area contributed by atoms with Crippen molar-refractivity contribution in [1.29, 1.82) is 0 Å². The molecule has 0 aliphatic rings. The van der Waals surface area contributed by atoms with Crippen molar-refractivity contribution in [3.63, 3.8) is 0 Å². The summed E-state index contributed by atoms with van der Waals surface area (Å²) < 4.78 is 30.7. The minimum atomic E-state index is -3.76. The number of carbonyl (C=O) groups is 1. The Morgan fingerprint density at radius 2 is 1.73 bits per heavy atom. The number of benzene rings is 3. The second-order valence-electron chi connectivity index (χ2n) is 7.30. The molecule has 0 unspecified atom stereocenters. The average Bonchev–Trinajstić information content (AvgIpc) is 3.16. The Kier molecular flexibility index (Phi) is 6.69. The third kappa shape index (κ3) is 4.88. The molecule has 0 saturated heterocycles. The normalized spacial score (nSPS) is 12.3. The van der Waals surface area contributed by atoms with Gasteiger partial charge in [0.05, 0.1) is 15.1 Å². The highest BCUT2D eigenvalue weighted by atomic mass is 35.5. The highest BCUT2D eigenvalue weighted by Gasteiger charge is 2.15. The molecule has 0 spiro atoms. The van der Waals surface area contributed by atoms with Crippen molar-refractivity contribution in [2.24, 2.45) is 4.99 Å². The number of nitrogens with one attached hydrogen (secondary N) is 1. The number of rotatable bonds is 6. The van der Waals surface area contributed by atoms with Crippen LogP contribution in [0.3, 0.4) is 0 Å². The molecule has 0 saturated carbocycles. The molecule has 4 aromatic rings.